The largest absolute Gasteiger partial charge is 0.506 e. The molecule has 1 amide bonds. The van der Waals surface area contributed by atoms with Crippen LogP contribution in [0.3, 0.4) is 0 Å². The fourth-order valence-corrected chi connectivity index (χ4v) is 4.26. The molecular formula is C21H33N5O6S. The van der Waals surface area contributed by atoms with Crippen molar-refractivity contribution in [3.05, 3.63) is 28.7 Å². The molecule has 3 N–H and O–H groups in total. The van der Waals surface area contributed by atoms with E-state index in [1.807, 2.05) is 20.8 Å². The zero-order chi connectivity index (χ0) is 24.4. The maximum atomic E-state index is 13.3. The molecule has 1 atom stereocenters. The van der Waals surface area contributed by atoms with Crippen molar-refractivity contribution in [1.82, 2.24) is 24.1 Å². The molecule has 0 radical (unpaired) electrons. The Labute approximate surface area is 193 Å². The van der Waals surface area contributed by atoms with Gasteiger partial charge >= 0.3 is 11.7 Å². The Bertz CT molecular complexity index is 1160. The molecule has 3 rings (SSSR count). The SMILES string of the molecule is CC(C)(C)[C@@H](CNS(C)(=O)=O)NC(=O)n1c(=O)n(CCN2CCOCC2)c2c(O)cccc21. The van der Waals surface area contributed by atoms with Gasteiger partial charge in [0.25, 0.3) is 0 Å². The molecule has 0 bridgehead atoms. The summed E-state index contributed by atoms with van der Waals surface area (Å²) in [5, 5.41) is 13.3. The smallest absolute Gasteiger partial charge is 0.337 e. The summed E-state index contributed by atoms with van der Waals surface area (Å²) in [6, 6.07) is 3.37. The highest BCUT2D eigenvalue weighted by Crippen LogP contribution is 2.24. The molecule has 1 aromatic heterocycles. The van der Waals surface area contributed by atoms with Crippen LogP contribution in [0.15, 0.2) is 23.0 Å². The number of nitrogens with zero attached hydrogens (tertiary/aromatic N) is 3. The molecule has 0 spiro atoms. The molecule has 1 saturated heterocycles. The first-order valence-corrected chi connectivity index (χ1v) is 12.8. The summed E-state index contributed by atoms with van der Waals surface area (Å²) >= 11 is 0. The minimum absolute atomic E-state index is 0.0241. The van der Waals surface area contributed by atoms with E-state index in [1.54, 1.807) is 12.1 Å². The molecule has 0 unspecified atom stereocenters. The van der Waals surface area contributed by atoms with Crippen LogP contribution in [0.5, 0.6) is 5.75 Å². The van der Waals surface area contributed by atoms with E-state index in [0.29, 0.717) is 26.3 Å². The first-order valence-electron chi connectivity index (χ1n) is 10.9. The summed E-state index contributed by atoms with van der Waals surface area (Å²) in [5.74, 6) is -0.0933. The van der Waals surface area contributed by atoms with Gasteiger partial charge < -0.3 is 15.2 Å². The van der Waals surface area contributed by atoms with E-state index in [0.717, 1.165) is 23.9 Å². The number of sulfonamides is 1. The number of hydrogen-bond donors (Lipinski definition) is 3. The van der Waals surface area contributed by atoms with E-state index >= 15 is 0 Å². The lowest BCUT2D eigenvalue weighted by atomic mass is 9.87. The number of hydrogen-bond acceptors (Lipinski definition) is 7. The second kappa shape index (κ2) is 9.84. The molecule has 1 aromatic carbocycles. The van der Waals surface area contributed by atoms with Crippen LogP contribution in [0.25, 0.3) is 11.0 Å². The molecule has 12 heteroatoms. The van der Waals surface area contributed by atoms with E-state index in [1.165, 1.54) is 10.6 Å². The Morgan fingerprint density at radius 1 is 1.21 bits per heavy atom. The van der Waals surface area contributed by atoms with Gasteiger partial charge in [0.2, 0.25) is 10.0 Å². The third kappa shape index (κ3) is 6.14. The number of carbonyl (C=O) groups excluding carboxylic acids is 1. The zero-order valence-corrected chi connectivity index (χ0v) is 20.3. The number of ether oxygens (including phenoxy) is 1. The molecule has 11 nitrogen and oxygen atoms in total. The number of phenolic OH excluding ortho intramolecular Hbond substituents is 1. The quantitative estimate of drug-likeness (QED) is 0.518. The van der Waals surface area contributed by atoms with E-state index in [2.05, 4.69) is 14.9 Å². The van der Waals surface area contributed by atoms with Crippen molar-refractivity contribution in [2.75, 3.05) is 45.6 Å². The van der Waals surface area contributed by atoms with Crippen molar-refractivity contribution in [2.24, 2.45) is 5.41 Å². The number of morpholine rings is 1. The number of phenols is 1. The van der Waals surface area contributed by atoms with Crippen molar-refractivity contribution in [1.29, 1.82) is 0 Å². The molecule has 33 heavy (non-hydrogen) atoms. The predicted molar refractivity (Wildman–Crippen MR) is 125 cm³/mol. The van der Waals surface area contributed by atoms with Crippen LogP contribution in [0.1, 0.15) is 20.8 Å². The van der Waals surface area contributed by atoms with Gasteiger partial charge in [0.15, 0.2) is 0 Å². The minimum atomic E-state index is -3.46. The lowest BCUT2D eigenvalue weighted by molar-refractivity contribution is 0.0364. The van der Waals surface area contributed by atoms with E-state index < -0.39 is 33.2 Å². The van der Waals surface area contributed by atoms with Crippen LogP contribution in [0, 0.1) is 5.41 Å². The van der Waals surface area contributed by atoms with E-state index in [4.69, 9.17) is 4.74 Å². The summed E-state index contributed by atoms with van der Waals surface area (Å²) in [7, 11) is -3.46. The molecular weight excluding hydrogens is 450 g/mol. The first kappa shape index (κ1) is 25.2. The predicted octanol–water partition coefficient (Wildman–Crippen LogP) is 0.362. The molecule has 0 saturated carbocycles. The van der Waals surface area contributed by atoms with Crippen molar-refractivity contribution in [3.8, 4) is 5.75 Å². The third-order valence-electron chi connectivity index (χ3n) is 5.77. The van der Waals surface area contributed by atoms with E-state index in [9.17, 15) is 23.1 Å². The lowest BCUT2D eigenvalue weighted by Gasteiger charge is -2.31. The van der Waals surface area contributed by atoms with Crippen LogP contribution >= 0.6 is 0 Å². The van der Waals surface area contributed by atoms with Gasteiger partial charge in [0.05, 0.1) is 25.0 Å². The second-order valence-corrected chi connectivity index (χ2v) is 11.2. The topological polar surface area (TPSA) is 135 Å². The van der Waals surface area contributed by atoms with Crippen LogP contribution in [0.4, 0.5) is 4.79 Å². The second-order valence-electron chi connectivity index (χ2n) is 9.36. The fourth-order valence-electron chi connectivity index (χ4n) is 3.79. The van der Waals surface area contributed by atoms with Crippen molar-refractivity contribution >= 4 is 27.1 Å². The Kier molecular flexibility index (Phi) is 7.52. The lowest BCUT2D eigenvalue weighted by Crippen LogP contribution is -2.52. The van der Waals surface area contributed by atoms with Gasteiger partial charge in [-0.15, -0.1) is 0 Å². The Balaban J connectivity index is 1.92. The van der Waals surface area contributed by atoms with Gasteiger partial charge in [0, 0.05) is 38.8 Å². The highest BCUT2D eigenvalue weighted by molar-refractivity contribution is 7.88. The molecule has 1 aliphatic rings. The number of carbonyl (C=O) groups is 1. The molecule has 2 heterocycles. The zero-order valence-electron chi connectivity index (χ0n) is 19.5. The van der Waals surface area contributed by atoms with Crippen LogP contribution in [0.2, 0.25) is 0 Å². The number of amides is 1. The fraction of sp³-hybridized carbons (Fsp3) is 0.619. The average molecular weight is 484 g/mol. The maximum Gasteiger partial charge on any atom is 0.337 e. The monoisotopic (exact) mass is 483 g/mol. The summed E-state index contributed by atoms with van der Waals surface area (Å²) < 4.78 is 33.3. The van der Waals surface area contributed by atoms with Crippen molar-refractivity contribution in [2.45, 2.75) is 33.4 Å². The number of fused-ring (bicyclic) bond motifs is 1. The van der Waals surface area contributed by atoms with Gasteiger partial charge in [0.1, 0.15) is 11.3 Å². The maximum absolute atomic E-state index is 13.3. The van der Waals surface area contributed by atoms with Crippen molar-refractivity contribution < 1.29 is 23.1 Å². The Morgan fingerprint density at radius 3 is 2.48 bits per heavy atom. The first-order chi connectivity index (χ1) is 15.4. The number of rotatable bonds is 7. The summed E-state index contributed by atoms with van der Waals surface area (Å²) in [4.78, 5) is 28.7. The molecule has 1 fully saturated rings. The third-order valence-corrected chi connectivity index (χ3v) is 6.46. The van der Waals surface area contributed by atoms with Gasteiger partial charge in [-0.2, -0.15) is 0 Å². The minimum Gasteiger partial charge on any atom is -0.506 e. The normalized spacial score (nSPS) is 16.7. The van der Waals surface area contributed by atoms with Crippen LogP contribution in [-0.2, 0) is 21.3 Å². The Morgan fingerprint density at radius 2 is 1.88 bits per heavy atom. The molecule has 1 aliphatic heterocycles. The average Bonchev–Trinajstić information content (AvgIpc) is 3.01. The Hall–Kier alpha value is -2.41. The number of aromatic nitrogens is 2. The van der Waals surface area contributed by atoms with Gasteiger partial charge in [-0.25, -0.2) is 27.3 Å². The van der Waals surface area contributed by atoms with Crippen molar-refractivity contribution in [3.63, 3.8) is 0 Å². The number of aromatic hydroxyl groups is 1. The molecule has 0 aliphatic carbocycles. The number of benzene rings is 1. The van der Waals surface area contributed by atoms with Gasteiger partial charge in [-0.05, 0) is 17.5 Å². The molecule has 184 valence electrons. The number of nitrogens with one attached hydrogen (secondary N) is 2. The number of imidazole rings is 1. The summed E-state index contributed by atoms with van der Waals surface area (Å²) in [5.41, 5.74) is -0.495. The summed E-state index contributed by atoms with van der Waals surface area (Å²) in [6.45, 7) is 9.18. The summed E-state index contributed by atoms with van der Waals surface area (Å²) in [6.07, 6.45) is 1.05. The van der Waals surface area contributed by atoms with Gasteiger partial charge in [-0.1, -0.05) is 26.8 Å². The highest BCUT2D eigenvalue weighted by Gasteiger charge is 2.29. The number of para-hydroxylation sites is 1. The van der Waals surface area contributed by atoms with E-state index in [-0.39, 0.29) is 23.3 Å². The highest BCUT2D eigenvalue weighted by atomic mass is 32.2. The van der Waals surface area contributed by atoms with Crippen LogP contribution < -0.4 is 15.7 Å². The van der Waals surface area contributed by atoms with Gasteiger partial charge in [-0.3, -0.25) is 9.47 Å². The standard InChI is InChI=1S/C21H33N5O6S/c1-21(2,3)17(14-22-33(4,30)31)23-19(28)26-15-6-5-7-16(27)18(15)25(20(26)29)9-8-24-10-12-32-13-11-24/h5-7,17,22,27H,8-14H2,1-4H3,(H,23,28)/t17-/m1/s1. The molecule has 2 aromatic rings. The van der Waals surface area contributed by atoms with Crippen LogP contribution in [-0.4, -0.2) is 85.3 Å².